The Morgan fingerprint density at radius 2 is 1.74 bits per heavy atom. The molecule has 0 aliphatic heterocycles. The van der Waals surface area contributed by atoms with Gasteiger partial charge in [-0.1, -0.05) is 67.9 Å². The molecule has 2 rings (SSSR count). The minimum Gasteiger partial charge on any atom is -0.396 e. The predicted molar refractivity (Wildman–Crippen MR) is 119 cm³/mol. The lowest BCUT2D eigenvalue weighted by Gasteiger charge is -2.15. The number of halogens is 3. The maximum Gasteiger partial charge on any atom is 0.516 e. The second-order valence-electron chi connectivity index (χ2n) is 6.41. The lowest BCUT2D eigenvalue weighted by molar-refractivity contribution is -0.0429. The lowest BCUT2D eigenvalue weighted by Crippen LogP contribution is -2.30. The molecule has 0 aliphatic carbocycles. The summed E-state index contributed by atoms with van der Waals surface area (Å²) in [4.78, 5) is 5.34. The van der Waals surface area contributed by atoms with Gasteiger partial charge in [-0.2, -0.15) is 21.6 Å². The fourth-order valence-corrected chi connectivity index (χ4v) is 3.18. The van der Waals surface area contributed by atoms with Crippen LogP contribution in [0.2, 0.25) is 0 Å². The number of rotatable bonds is 9. The van der Waals surface area contributed by atoms with Crippen molar-refractivity contribution in [2.24, 2.45) is 5.16 Å². The highest BCUT2D eigenvalue weighted by atomic mass is 32.2. The number of alkyl halides is 3. The van der Waals surface area contributed by atoms with Crippen LogP contribution in [0.4, 0.5) is 18.9 Å². The van der Waals surface area contributed by atoms with E-state index in [1.807, 2.05) is 44.2 Å². The van der Waals surface area contributed by atoms with Crippen LogP contribution < -0.4 is 4.72 Å². The maximum absolute atomic E-state index is 12.7. The summed E-state index contributed by atoms with van der Waals surface area (Å²) in [5.41, 5.74) is -3.08. The van der Waals surface area contributed by atoms with E-state index in [1.54, 1.807) is 24.6 Å². The van der Waals surface area contributed by atoms with Gasteiger partial charge in [0.25, 0.3) is 0 Å². The van der Waals surface area contributed by atoms with E-state index in [-0.39, 0.29) is 11.3 Å². The first kappa shape index (κ1) is 26.5. The van der Waals surface area contributed by atoms with Crippen molar-refractivity contribution in [3.63, 3.8) is 0 Å². The minimum absolute atomic E-state index is 0.193. The van der Waals surface area contributed by atoms with Crippen LogP contribution in [0.3, 0.4) is 0 Å². The summed E-state index contributed by atoms with van der Waals surface area (Å²) in [5, 5.41) is 4.04. The number of benzene rings is 2. The van der Waals surface area contributed by atoms with Crippen LogP contribution in [0.15, 0.2) is 53.7 Å². The Bertz CT molecular complexity index is 944. The maximum atomic E-state index is 12.7. The van der Waals surface area contributed by atoms with Crippen molar-refractivity contribution in [1.82, 2.24) is 0 Å². The number of aryl methyl sites for hydroxylation is 2. The van der Waals surface area contributed by atoms with E-state index in [0.717, 1.165) is 12.0 Å². The average molecular weight is 459 g/mol. The normalized spacial score (nSPS) is 12.0. The van der Waals surface area contributed by atoms with E-state index < -0.39 is 15.5 Å². The van der Waals surface area contributed by atoms with E-state index in [2.05, 4.69) is 5.16 Å². The van der Waals surface area contributed by atoms with Crippen molar-refractivity contribution in [2.75, 3.05) is 11.3 Å². The molecule has 0 saturated heterocycles. The van der Waals surface area contributed by atoms with Crippen LogP contribution in [0, 0.1) is 6.92 Å². The van der Waals surface area contributed by atoms with Crippen LogP contribution in [0.25, 0.3) is 0 Å². The Morgan fingerprint density at radius 3 is 2.32 bits per heavy atom. The van der Waals surface area contributed by atoms with Crippen LogP contribution in [0.1, 0.15) is 50.3 Å². The topological polar surface area (TPSA) is 67.8 Å². The van der Waals surface area contributed by atoms with Gasteiger partial charge in [-0.15, -0.1) is 0 Å². The molecule has 0 bridgehead atoms. The molecule has 0 atom stereocenters. The molecule has 0 unspecified atom stereocenters. The van der Waals surface area contributed by atoms with E-state index >= 15 is 0 Å². The fourth-order valence-electron chi connectivity index (χ4n) is 2.60. The zero-order valence-corrected chi connectivity index (χ0v) is 19.0. The quantitative estimate of drug-likeness (QED) is 0.283. The first-order valence-corrected chi connectivity index (χ1v) is 11.5. The van der Waals surface area contributed by atoms with Crippen LogP contribution in [-0.2, 0) is 21.3 Å². The average Bonchev–Trinajstić information content (AvgIpc) is 2.73. The highest BCUT2D eigenvalue weighted by molar-refractivity contribution is 7.93. The van der Waals surface area contributed by atoms with Gasteiger partial charge in [0.15, 0.2) is 0 Å². The zero-order valence-electron chi connectivity index (χ0n) is 18.2. The molecule has 5 nitrogen and oxygen atoms in total. The Morgan fingerprint density at radius 1 is 1.10 bits per heavy atom. The Labute approximate surface area is 182 Å². The Kier molecular flexibility index (Phi) is 10.5. The van der Waals surface area contributed by atoms with Gasteiger partial charge in [0.05, 0.1) is 11.4 Å². The summed E-state index contributed by atoms with van der Waals surface area (Å²) in [6.07, 6.45) is 1.87. The Hall–Kier alpha value is -2.55. The summed E-state index contributed by atoms with van der Waals surface area (Å²) >= 11 is 0. The van der Waals surface area contributed by atoms with E-state index in [4.69, 9.17) is 4.84 Å². The molecule has 9 heteroatoms. The molecule has 0 amide bonds. The highest BCUT2D eigenvalue weighted by Crippen LogP contribution is 2.28. The molecule has 172 valence electrons. The SMILES string of the molecule is CC.CC/C(=N\OCCCc1ccccc1)c1cc(C)ccc1NS(=O)(=O)C(F)(F)F. The molecule has 0 aliphatic rings. The zero-order chi connectivity index (χ0) is 23.5. The molecule has 0 spiro atoms. The number of sulfonamides is 1. The van der Waals surface area contributed by atoms with Gasteiger partial charge < -0.3 is 4.84 Å². The van der Waals surface area contributed by atoms with Gasteiger partial charge >= 0.3 is 15.5 Å². The van der Waals surface area contributed by atoms with Crippen molar-refractivity contribution in [2.45, 2.75) is 52.5 Å². The van der Waals surface area contributed by atoms with Gasteiger partial charge in [-0.05, 0) is 43.9 Å². The third-order valence-corrected chi connectivity index (χ3v) is 5.19. The number of oxime groups is 1. The molecule has 2 aromatic rings. The standard InChI is InChI=1S/C20H23F3N2O3S.C2H6/c1-3-18(24-28-13-7-10-16-8-5-4-6-9-16)17-14-15(2)11-12-19(17)25-29(26,27)20(21,22)23;1-2/h4-6,8-9,11-12,14,25H,3,7,10,13H2,1-2H3;1-2H3/b24-18+;. The molecule has 2 aromatic carbocycles. The molecule has 0 radical (unpaired) electrons. The first-order valence-electron chi connectivity index (χ1n) is 10.1. The third kappa shape index (κ3) is 8.24. The van der Waals surface area contributed by atoms with Crippen molar-refractivity contribution in [3.8, 4) is 0 Å². The molecule has 0 fully saturated rings. The van der Waals surface area contributed by atoms with Crippen molar-refractivity contribution in [1.29, 1.82) is 0 Å². The molecule has 0 saturated carbocycles. The van der Waals surface area contributed by atoms with Crippen molar-refractivity contribution in [3.05, 3.63) is 65.2 Å². The van der Waals surface area contributed by atoms with Gasteiger partial charge in [0.1, 0.15) is 6.61 Å². The molecular formula is C22H29F3N2O3S. The molecule has 0 heterocycles. The number of nitrogens with one attached hydrogen (secondary N) is 1. The summed E-state index contributed by atoms with van der Waals surface area (Å²) < 4.78 is 62.8. The second kappa shape index (κ2) is 12.3. The van der Waals surface area contributed by atoms with E-state index in [0.29, 0.717) is 25.2 Å². The predicted octanol–water partition coefficient (Wildman–Crippen LogP) is 6.05. The van der Waals surface area contributed by atoms with Gasteiger partial charge in [-0.25, -0.2) is 0 Å². The summed E-state index contributed by atoms with van der Waals surface area (Å²) in [7, 11) is -5.53. The number of anilines is 1. The molecular weight excluding hydrogens is 429 g/mol. The third-order valence-electron chi connectivity index (χ3n) is 4.09. The van der Waals surface area contributed by atoms with E-state index in [9.17, 15) is 21.6 Å². The second-order valence-corrected chi connectivity index (χ2v) is 8.09. The summed E-state index contributed by atoms with van der Waals surface area (Å²) in [6.45, 7) is 7.84. The van der Waals surface area contributed by atoms with Gasteiger partial charge in [-0.3, -0.25) is 4.72 Å². The summed E-state index contributed by atoms with van der Waals surface area (Å²) in [6, 6.07) is 14.2. The highest BCUT2D eigenvalue weighted by Gasteiger charge is 2.46. The van der Waals surface area contributed by atoms with Crippen molar-refractivity contribution < 1.29 is 26.4 Å². The first-order chi connectivity index (χ1) is 14.6. The van der Waals surface area contributed by atoms with Crippen LogP contribution in [0.5, 0.6) is 0 Å². The molecule has 1 N–H and O–H groups in total. The fraction of sp³-hybridized carbons (Fsp3) is 0.409. The molecule has 0 aromatic heterocycles. The summed E-state index contributed by atoms with van der Waals surface area (Å²) in [5.74, 6) is 0. The van der Waals surface area contributed by atoms with Crippen LogP contribution >= 0.6 is 0 Å². The lowest BCUT2D eigenvalue weighted by atomic mass is 10.0. The smallest absolute Gasteiger partial charge is 0.396 e. The van der Waals surface area contributed by atoms with Gasteiger partial charge in [0.2, 0.25) is 0 Å². The van der Waals surface area contributed by atoms with Crippen LogP contribution in [-0.4, -0.2) is 26.2 Å². The monoisotopic (exact) mass is 458 g/mol. The number of hydrogen-bond donors (Lipinski definition) is 1. The molecule has 31 heavy (non-hydrogen) atoms. The number of hydrogen-bond acceptors (Lipinski definition) is 4. The minimum atomic E-state index is -5.53. The van der Waals surface area contributed by atoms with E-state index in [1.165, 1.54) is 17.7 Å². The number of nitrogens with zero attached hydrogens (tertiary/aromatic N) is 1. The van der Waals surface area contributed by atoms with Crippen molar-refractivity contribution >= 4 is 21.4 Å². The Balaban J connectivity index is 0.00000233. The largest absolute Gasteiger partial charge is 0.516 e. The van der Waals surface area contributed by atoms with Gasteiger partial charge in [0, 0.05) is 5.56 Å².